The normalized spacial score (nSPS) is 14.5. The molecular formula is C11H14O3. The van der Waals surface area contributed by atoms with Crippen molar-refractivity contribution in [2.24, 2.45) is 0 Å². The molecule has 1 N–H and O–H groups in total. The molecule has 0 aliphatic rings. The molecule has 3 nitrogen and oxygen atoms in total. The number of aliphatic hydroxyl groups is 1. The van der Waals surface area contributed by atoms with Crippen molar-refractivity contribution in [1.29, 1.82) is 0 Å². The maximum absolute atomic E-state index is 11.4. The molecule has 0 amide bonds. The van der Waals surface area contributed by atoms with E-state index in [1.807, 2.05) is 18.2 Å². The Bertz CT molecular complexity index is 293. The smallest absolute Gasteiger partial charge is 0.315 e. The Morgan fingerprint density at radius 1 is 1.36 bits per heavy atom. The number of esters is 1. The second kappa shape index (κ2) is 4.77. The van der Waals surface area contributed by atoms with E-state index in [1.165, 1.54) is 7.11 Å². The Kier molecular flexibility index (Phi) is 3.65. The van der Waals surface area contributed by atoms with Crippen molar-refractivity contribution in [3.63, 3.8) is 0 Å². The first kappa shape index (κ1) is 10.7. The summed E-state index contributed by atoms with van der Waals surface area (Å²) in [6, 6.07) is 9.11. The number of hydrogen-bond acceptors (Lipinski definition) is 3. The van der Waals surface area contributed by atoms with Crippen LogP contribution < -0.4 is 0 Å². The Labute approximate surface area is 83.3 Å². The highest BCUT2D eigenvalue weighted by Gasteiger charge is 2.25. The van der Waals surface area contributed by atoms with E-state index in [0.717, 1.165) is 5.56 Å². The lowest BCUT2D eigenvalue weighted by Gasteiger charge is -2.17. The molecule has 0 radical (unpaired) electrons. The summed E-state index contributed by atoms with van der Waals surface area (Å²) in [7, 11) is 1.32. The molecule has 14 heavy (non-hydrogen) atoms. The zero-order valence-electron chi connectivity index (χ0n) is 8.31. The largest absolute Gasteiger partial charge is 0.468 e. The third-order valence-corrected chi connectivity index (χ3v) is 2.10. The van der Waals surface area contributed by atoms with Gasteiger partial charge in [0.15, 0.2) is 0 Å². The quantitative estimate of drug-likeness (QED) is 0.738. The summed E-state index contributed by atoms with van der Waals surface area (Å²) in [4.78, 5) is 11.4. The van der Waals surface area contributed by atoms with Gasteiger partial charge in [0.1, 0.15) is 5.92 Å². The fraction of sp³-hybridized carbons (Fsp3) is 0.364. The van der Waals surface area contributed by atoms with Crippen LogP contribution in [0, 0.1) is 0 Å². The summed E-state index contributed by atoms with van der Waals surface area (Å²) >= 11 is 0. The summed E-state index contributed by atoms with van der Waals surface area (Å²) in [5, 5.41) is 9.47. The van der Waals surface area contributed by atoms with E-state index in [2.05, 4.69) is 4.74 Å². The molecule has 1 rings (SSSR count). The first-order valence-electron chi connectivity index (χ1n) is 4.47. The van der Waals surface area contributed by atoms with Gasteiger partial charge in [0, 0.05) is 0 Å². The van der Waals surface area contributed by atoms with Crippen molar-refractivity contribution in [3.8, 4) is 0 Å². The Balaban J connectivity index is 2.95. The van der Waals surface area contributed by atoms with E-state index < -0.39 is 18.0 Å². The van der Waals surface area contributed by atoms with Crippen molar-refractivity contribution >= 4 is 5.97 Å². The second-order valence-electron chi connectivity index (χ2n) is 3.15. The van der Waals surface area contributed by atoms with Crippen LogP contribution in [0.1, 0.15) is 18.4 Å². The standard InChI is InChI=1S/C11H14O3/c1-8(12)10(11(13)14-2)9-6-4-3-5-7-9/h3-8,10,12H,1-2H3/t8-,10+/m1/s1. The van der Waals surface area contributed by atoms with Crippen LogP contribution in [0.4, 0.5) is 0 Å². The molecular weight excluding hydrogens is 180 g/mol. The van der Waals surface area contributed by atoms with Gasteiger partial charge in [-0.25, -0.2) is 0 Å². The van der Waals surface area contributed by atoms with Gasteiger partial charge >= 0.3 is 5.97 Å². The zero-order chi connectivity index (χ0) is 10.6. The average Bonchev–Trinajstić information content (AvgIpc) is 2.19. The van der Waals surface area contributed by atoms with E-state index in [1.54, 1.807) is 19.1 Å². The number of rotatable bonds is 3. The van der Waals surface area contributed by atoms with Crippen LogP contribution in [0.2, 0.25) is 0 Å². The predicted octanol–water partition coefficient (Wildman–Crippen LogP) is 1.32. The van der Waals surface area contributed by atoms with Crippen LogP contribution in [0.15, 0.2) is 30.3 Å². The molecule has 1 aromatic carbocycles. The summed E-state index contributed by atoms with van der Waals surface area (Å²) in [6.45, 7) is 1.58. The van der Waals surface area contributed by atoms with Crippen LogP contribution in [0.25, 0.3) is 0 Å². The highest BCUT2D eigenvalue weighted by Crippen LogP contribution is 2.20. The Morgan fingerprint density at radius 2 is 1.93 bits per heavy atom. The van der Waals surface area contributed by atoms with Crippen LogP contribution in [-0.2, 0) is 9.53 Å². The fourth-order valence-electron chi connectivity index (χ4n) is 1.40. The Hall–Kier alpha value is -1.35. The van der Waals surface area contributed by atoms with E-state index in [-0.39, 0.29) is 0 Å². The molecule has 0 saturated heterocycles. The topological polar surface area (TPSA) is 46.5 Å². The monoisotopic (exact) mass is 194 g/mol. The minimum absolute atomic E-state index is 0.411. The molecule has 0 spiro atoms. The van der Waals surface area contributed by atoms with E-state index in [0.29, 0.717) is 0 Å². The number of carbonyl (C=O) groups excluding carboxylic acids is 1. The molecule has 3 heteroatoms. The molecule has 1 aromatic rings. The minimum Gasteiger partial charge on any atom is -0.468 e. The van der Waals surface area contributed by atoms with Crippen LogP contribution in [0.3, 0.4) is 0 Å². The number of ether oxygens (including phenoxy) is 1. The summed E-state index contributed by atoms with van der Waals surface area (Å²) in [5.41, 5.74) is 0.773. The molecule has 0 bridgehead atoms. The number of carbonyl (C=O) groups is 1. The van der Waals surface area contributed by atoms with Gasteiger partial charge in [-0.05, 0) is 12.5 Å². The molecule has 76 valence electrons. The lowest BCUT2D eigenvalue weighted by molar-refractivity contribution is -0.144. The Morgan fingerprint density at radius 3 is 2.36 bits per heavy atom. The first-order valence-corrected chi connectivity index (χ1v) is 4.47. The SMILES string of the molecule is COC(=O)[C@H](c1ccccc1)[C@@H](C)O. The maximum Gasteiger partial charge on any atom is 0.315 e. The second-order valence-corrected chi connectivity index (χ2v) is 3.15. The molecule has 0 saturated carbocycles. The fourth-order valence-corrected chi connectivity index (χ4v) is 1.40. The van der Waals surface area contributed by atoms with Crippen molar-refractivity contribution in [2.45, 2.75) is 18.9 Å². The van der Waals surface area contributed by atoms with Crippen LogP contribution in [-0.4, -0.2) is 24.3 Å². The predicted molar refractivity (Wildman–Crippen MR) is 52.9 cm³/mol. The van der Waals surface area contributed by atoms with Gasteiger partial charge < -0.3 is 9.84 Å². The summed E-state index contributed by atoms with van der Waals surface area (Å²) < 4.78 is 4.63. The molecule has 0 aliphatic carbocycles. The lowest BCUT2D eigenvalue weighted by Crippen LogP contribution is -2.24. The van der Waals surface area contributed by atoms with Gasteiger partial charge in [-0.3, -0.25) is 4.79 Å². The van der Waals surface area contributed by atoms with Crippen molar-refractivity contribution < 1.29 is 14.6 Å². The minimum atomic E-state index is -0.746. The molecule has 0 aliphatic heterocycles. The first-order chi connectivity index (χ1) is 6.66. The molecule has 0 aromatic heterocycles. The number of aliphatic hydroxyl groups excluding tert-OH is 1. The van der Waals surface area contributed by atoms with E-state index in [9.17, 15) is 9.90 Å². The summed E-state index contributed by atoms with van der Waals surface area (Å²) in [5.74, 6) is -1.01. The highest BCUT2D eigenvalue weighted by molar-refractivity contribution is 5.78. The molecule has 0 fully saturated rings. The number of hydrogen-bond donors (Lipinski definition) is 1. The van der Waals surface area contributed by atoms with Crippen molar-refractivity contribution in [3.05, 3.63) is 35.9 Å². The molecule has 0 unspecified atom stereocenters. The molecule has 0 heterocycles. The van der Waals surface area contributed by atoms with E-state index in [4.69, 9.17) is 0 Å². The summed E-state index contributed by atoms with van der Waals surface area (Å²) in [6.07, 6.45) is -0.746. The van der Waals surface area contributed by atoms with Gasteiger partial charge in [0.25, 0.3) is 0 Å². The third-order valence-electron chi connectivity index (χ3n) is 2.10. The molecule has 2 atom stereocenters. The van der Waals surface area contributed by atoms with Crippen LogP contribution >= 0.6 is 0 Å². The van der Waals surface area contributed by atoms with Crippen LogP contribution in [0.5, 0.6) is 0 Å². The van der Waals surface area contributed by atoms with Gasteiger partial charge in [0.05, 0.1) is 13.2 Å². The average molecular weight is 194 g/mol. The van der Waals surface area contributed by atoms with Gasteiger partial charge in [-0.15, -0.1) is 0 Å². The van der Waals surface area contributed by atoms with Gasteiger partial charge in [-0.2, -0.15) is 0 Å². The zero-order valence-corrected chi connectivity index (χ0v) is 8.31. The van der Waals surface area contributed by atoms with E-state index >= 15 is 0 Å². The van der Waals surface area contributed by atoms with Gasteiger partial charge in [-0.1, -0.05) is 30.3 Å². The highest BCUT2D eigenvalue weighted by atomic mass is 16.5. The third kappa shape index (κ3) is 2.33. The number of methoxy groups -OCH3 is 1. The van der Waals surface area contributed by atoms with Crippen molar-refractivity contribution in [1.82, 2.24) is 0 Å². The van der Waals surface area contributed by atoms with Gasteiger partial charge in [0.2, 0.25) is 0 Å². The van der Waals surface area contributed by atoms with Crippen molar-refractivity contribution in [2.75, 3.05) is 7.11 Å². The number of benzene rings is 1. The lowest BCUT2D eigenvalue weighted by atomic mass is 9.94. The maximum atomic E-state index is 11.4.